The number of rotatable bonds is 2. The number of nitrogens with one attached hydrogen (secondary N) is 1. The maximum Gasteiger partial charge on any atom is 0.326 e. The third-order valence-electron chi connectivity index (χ3n) is 7.17. The number of hydrogen-bond donors (Lipinski definition) is 2. The predicted octanol–water partition coefficient (Wildman–Crippen LogP) is 1.53. The van der Waals surface area contributed by atoms with Crippen LogP contribution in [0.3, 0.4) is 0 Å². The Hall–Kier alpha value is -1.61. The molecule has 3 fully saturated rings. The minimum Gasteiger partial charge on any atom is -0.480 e. The summed E-state index contributed by atoms with van der Waals surface area (Å²) < 4.78 is 0. The Morgan fingerprint density at radius 1 is 1.22 bits per heavy atom. The summed E-state index contributed by atoms with van der Waals surface area (Å²) in [6.07, 6.45) is 0.826. The second-order valence-corrected chi connectivity index (χ2v) is 10.8. The fourth-order valence-electron chi connectivity index (χ4n) is 6.17. The van der Waals surface area contributed by atoms with Crippen molar-refractivity contribution in [2.45, 2.75) is 48.9 Å². The molecule has 27 heavy (non-hydrogen) atoms. The van der Waals surface area contributed by atoms with Gasteiger partial charge in [0.05, 0.1) is 16.9 Å². The summed E-state index contributed by atoms with van der Waals surface area (Å²) in [5.41, 5.74) is -0.255. The highest BCUT2D eigenvalue weighted by Gasteiger charge is 2.71. The van der Waals surface area contributed by atoms with E-state index in [9.17, 15) is 24.3 Å². The molecular weight excluding hydrogens is 388 g/mol. The highest BCUT2D eigenvalue weighted by molar-refractivity contribution is 8.00. The fraction of sp³-hybridized carbons (Fsp3) is 0.667. The van der Waals surface area contributed by atoms with Crippen molar-refractivity contribution in [3.05, 3.63) is 14.5 Å². The van der Waals surface area contributed by atoms with Crippen LogP contribution in [0, 0.1) is 29.6 Å². The molecule has 1 aromatic rings. The topological polar surface area (TPSA) is 108 Å². The van der Waals surface area contributed by atoms with E-state index in [-0.39, 0.29) is 45.1 Å². The number of hydrogen-bond acceptors (Lipinski definition) is 6. The van der Waals surface area contributed by atoms with Crippen LogP contribution in [-0.2, 0) is 19.8 Å². The van der Waals surface area contributed by atoms with Gasteiger partial charge in [0.1, 0.15) is 6.04 Å². The Morgan fingerprint density at radius 3 is 2.48 bits per heavy atom. The van der Waals surface area contributed by atoms with Gasteiger partial charge in [0, 0.05) is 15.5 Å². The van der Waals surface area contributed by atoms with E-state index < -0.39 is 23.8 Å². The van der Waals surface area contributed by atoms with Crippen LogP contribution in [0.5, 0.6) is 0 Å². The minimum absolute atomic E-state index is 0.0493. The SMILES string of the molecule is C[C@H](C(=O)O)N1C(=O)C2C3CC(C2C1=O)C1C3Sc2[nH]c(=O)sc2C1(C)C. The van der Waals surface area contributed by atoms with Gasteiger partial charge in [0.15, 0.2) is 0 Å². The van der Waals surface area contributed by atoms with Gasteiger partial charge < -0.3 is 10.1 Å². The third kappa shape index (κ3) is 1.99. The van der Waals surface area contributed by atoms with Crippen LogP contribution in [0.2, 0.25) is 0 Å². The van der Waals surface area contributed by atoms with E-state index in [0.29, 0.717) is 0 Å². The van der Waals surface area contributed by atoms with Crippen molar-refractivity contribution < 1.29 is 19.5 Å². The number of carboxylic acid groups (broad SMARTS) is 1. The average molecular weight is 409 g/mol. The Bertz CT molecular complexity index is 950. The molecule has 9 heteroatoms. The smallest absolute Gasteiger partial charge is 0.326 e. The Labute approximate surface area is 163 Å². The van der Waals surface area contributed by atoms with Crippen LogP contribution in [-0.4, -0.2) is 44.1 Å². The third-order valence-corrected chi connectivity index (χ3v) is 9.98. The molecule has 2 N–H and O–H groups in total. The number of carbonyl (C=O) groups is 3. The van der Waals surface area contributed by atoms with Gasteiger partial charge in [-0.3, -0.25) is 19.3 Å². The van der Waals surface area contributed by atoms with Crippen LogP contribution in [0.25, 0.3) is 0 Å². The number of aromatic nitrogens is 1. The molecular formula is C18H20N2O5S2. The monoisotopic (exact) mass is 408 g/mol. The lowest BCUT2D eigenvalue weighted by atomic mass is 9.64. The Morgan fingerprint density at radius 2 is 1.85 bits per heavy atom. The molecule has 2 amide bonds. The molecule has 2 saturated carbocycles. The zero-order chi connectivity index (χ0) is 19.4. The second-order valence-electron chi connectivity index (χ2n) is 8.68. The summed E-state index contributed by atoms with van der Waals surface area (Å²) in [6, 6.07) is -1.13. The summed E-state index contributed by atoms with van der Waals surface area (Å²) in [4.78, 5) is 54.2. The molecule has 2 aliphatic carbocycles. The van der Waals surface area contributed by atoms with Gasteiger partial charge >= 0.3 is 10.8 Å². The number of amides is 2. The molecule has 2 bridgehead atoms. The van der Waals surface area contributed by atoms with Crippen molar-refractivity contribution >= 4 is 40.9 Å². The van der Waals surface area contributed by atoms with E-state index in [0.717, 1.165) is 21.2 Å². The van der Waals surface area contributed by atoms with E-state index >= 15 is 0 Å². The van der Waals surface area contributed by atoms with Crippen molar-refractivity contribution in [3.8, 4) is 0 Å². The van der Waals surface area contributed by atoms with Gasteiger partial charge in [-0.25, -0.2) is 4.79 Å². The number of aromatic amines is 1. The van der Waals surface area contributed by atoms with Gasteiger partial charge in [-0.2, -0.15) is 0 Å². The fourth-order valence-corrected chi connectivity index (χ4v) is 9.32. The predicted molar refractivity (Wildman–Crippen MR) is 98.6 cm³/mol. The van der Waals surface area contributed by atoms with Gasteiger partial charge in [-0.15, -0.1) is 11.8 Å². The summed E-state index contributed by atoms with van der Waals surface area (Å²) in [5, 5.41) is 10.4. The zero-order valence-corrected chi connectivity index (χ0v) is 16.7. The molecule has 7 nitrogen and oxygen atoms in total. The number of thioether (sulfide) groups is 1. The maximum atomic E-state index is 13.0. The van der Waals surface area contributed by atoms with E-state index in [4.69, 9.17) is 0 Å². The molecule has 0 aromatic carbocycles. The van der Waals surface area contributed by atoms with Crippen molar-refractivity contribution in [2.75, 3.05) is 0 Å². The van der Waals surface area contributed by atoms with Crippen LogP contribution in [0.4, 0.5) is 0 Å². The highest BCUT2D eigenvalue weighted by atomic mass is 32.2. The lowest BCUT2D eigenvalue weighted by Gasteiger charge is -2.47. The number of nitrogens with zero attached hydrogens (tertiary/aromatic N) is 1. The average Bonchev–Trinajstić information content (AvgIpc) is 3.29. The summed E-state index contributed by atoms with van der Waals surface area (Å²) in [5.74, 6) is -2.33. The van der Waals surface area contributed by atoms with E-state index in [1.54, 1.807) is 11.8 Å². The lowest BCUT2D eigenvalue weighted by molar-refractivity contribution is -0.154. The van der Waals surface area contributed by atoms with E-state index in [1.165, 1.54) is 18.3 Å². The van der Waals surface area contributed by atoms with Crippen LogP contribution in [0.1, 0.15) is 32.1 Å². The van der Waals surface area contributed by atoms with E-state index in [2.05, 4.69) is 18.8 Å². The molecule has 2 aliphatic heterocycles. The minimum atomic E-state index is -1.16. The first kappa shape index (κ1) is 17.5. The number of fused-ring (bicyclic) bond motifs is 9. The molecule has 0 radical (unpaired) electrons. The van der Waals surface area contributed by atoms with Crippen LogP contribution >= 0.6 is 23.1 Å². The van der Waals surface area contributed by atoms with Crippen molar-refractivity contribution in [2.24, 2.45) is 29.6 Å². The normalized spacial score (nSPS) is 39.3. The quantitative estimate of drug-likeness (QED) is 0.719. The number of thiazole rings is 1. The highest BCUT2D eigenvalue weighted by Crippen LogP contribution is 2.68. The largest absolute Gasteiger partial charge is 0.480 e. The standard InChI is InChI=1S/C18H20N2O5S2/c1-5(16(23)24)20-14(21)8-6-4-7(9(8)15(20)22)11-10(6)18(2,3)12-13(26-11)19-17(25)27-12/h5-11H,4H2,1-3H3,(H,19,25)(H,23,24)/t5-,6?,7?,8?,9?,10?,11?/m1/s1. The molecule has 144 valence electrons. The molecule has 7 atom stereocenters. The number of likely N-dealkylation sites (tertiary alicyclic amines) is 1. The number of imide groups is 1. The molecule has 6 unspecified atom stereocenters. The van der Waals surface area contributed by atoms with E-state index in [1.807, 2.05) is 0 Å². The summed E-state index contributed by atoms with van der Waals surface area (Å²) >= 11 is 2.88. The van der Waals surface area contributed by atoms with Gasteiger partial charge in [-0.1, -0.05) is 25.2 Å². The number of carboxylic acids is 1. The molecule has 4 aliphatic rings. The van der Waals surface area contributed by atoms with Crippen molar-refractivity contribution in [3.63, 3.8) is 0 Å². The first-order valence-corrected chi connectivity index (χ1v) is 10.8. The molecule has 0 spiro atoms. The molecule has 1 aromatic heterocycles. The summed E-state index contributed by atoms with van der Waals surface area (Å²) in [7, 11) is 0. The van der Waals surface area contributed by atoms with Crippen molar-refractivity contribution in [1.29, 1.82) is 0 Å². The lowest BCUT2D eigenvalue weighted by Crippen LogP contribution is -2.48. The number of carbonyl (C=O) groups excluding carboxylic acids is 2. The first-order valence-electron chi connectivity index (χ1n) is 9.14. The molecule has 5 rings (SSSR count). The number of aliphatic carboxylic acids is 1. The molecule has 1 saturated heterocycles. The van der Waals surface area contributed by atoms with Gasteiger partial charge in [0.25, 0.3) is 0 Å². The Balaban J connectivity index is 1.57. The molecule has 3 heterocycles. The number of H-pyrrole nitrogens is 1. The Kier molecular flexibility index (Phi) is 3.40. The van der Waals surface area contributed by atoms with Gasteiger partial charge in [-0.05, 0) is 31.1 Å². The summed E-state index contributed by atoms with van der Waals surface area (Å²) in [6.45, 7) is 5.65. The van der Waals surface area contributed by atoms with Crippen LogP contribution < -0.4 is 4.87 Å². The van der Waals surface area contributed by atoms with Crippen molar-refractivity contribution in [1.82, 2.24) is 9.88 Å². The van der Waals surface area contributed by atoms with Crippen LogP contribution in [0.15, 0.2) is 9.82 Å². The zero-order valence-electron chi connectivity index (χ0n) is 15.1. The van der Waals surface area contributed by atoms with Gasteiger partial charge in [0.2, 0.25) is 11.8 Å². The first-order chi connectivity index (χ1) is 12.6. The second kappa shape index (κ2) is 5.26. The maximum absolute atomic E-state index is 13.0.